The number of pyridine rings is 1. The molecule has 1 unspecified atom stereocenters. The zero-order valence-corrected chi connectivity index (χ0v) is 20.0. The molecule has 1 aromatic carbocycles. The second-order valence-corrected chi connectivity index (χ2v) is 8.16. The Morgan fingerprint density at radius 3 is 2.56 bits per heavy atom. The van der Waals surface area contributed by atoms with Crippen LogP contribution in [0.5, 0.6) is 5.75 Å². The molecule has 0 amide bonds. The van der Waals surface area contributed by atoms with Crippen molar-refractivity contribution in [2.75, 3.05) is 6.61 Å². The standard InChI is InChI=1S/C19H16N4O4.CH3.3O.Re/c1-10-16(11(2)27-21-10)12-6-7-13-17-18(12)26-9-15(23(17)19(24)20-13)14-5-3-4-8-22(14)25;;;;;/h3-8,15H,9H2,1-2H3,(H,20,24);1H3;;;;/q;-1;;;;. The number of hydrogen-bond donors (Lipinski definition) is 1. The molecule has 0 bridgehead atoms. The van der Waals surface area contributed by atoms with E-state index >= 15 is 0 Å². The van der Waals surface area contributed by atoms with Gasteiger partial charge < -0.3 is 26.9 Å². The molecule has 1 aliphatic heterocycles. The zero-order chi connectivity index (χ0) is 22.3. The molecular weight excluding hydrogens is 594 g/mol. The van der Waals surface area contributed by atoms with Crippen molar-refractivity contribution in [1.29, 1.82) is 0 Å². The van der Waals surface area contributed by atoms with Gasteiger partial charge in [0.1, 0.15) is 17.9 Å². The van der Waals surface area contributed by atoms with Gasteiger partial charge in [0, 0.05) is 17.7 Å². The Bertz CT molecular complexity index is 1440. The number of ether oxygens (including phenoxy) is 1. The van der Waals surface area contributed by atoms with Gasteiger partial charge in [-0.3, -0.25) is 4.57 Å². The Hall–Kier alpha value is -3.49. The van der Waals surface area contributed by atoms with Crippen LogP contribution in [0.1, 0.15) is 23.2 Å². The van der Waals surface area contributed by atoms with Crippen molar-refractivity contribution in [3.63, 3.8) is 0 Å². The Morgan fingerprint density at radius 1 is 1.22 bits per heavy atom. The van der Waals surface area contributed by atoms with Crippen LogP contribution < -0.4 is 15.2 Å². The van der Waals surface area contributed by atoms with Gasteiger partial charge in [0.05, 0.1) is 16.8 Å². The molecule has 0 spiro atoms. The van der Waals surface area contributed by atoms with Crippen molar-refractivity contribution >= 4 is 11.0 Å². The predicted molar refractivity (Wildman–Crippen MR) is 105 cm³/mol. The third-order valence-corrected chi connectivity index (χ3v) is 5.03. The summed E-state index contributed by atoms with van der Waals surface area (Å²) in [6, 6.07) is 8.33. The van der Waals surface area contributed by atoms with E-state index in [-0.39, 0.29) is 19.7 Å². The summed E-state index contributed by atoms with van der Waals surface area (Å²) < 4.78 is 39.6. The van der Waals surface area contributed by atoms with Gasteiger partial charge in [0.15, 0.2) is 18.0 Å². The van der Waals surface area contributed by atoms with E-state index in [2.05, 4.69) is 10.1 Å². The van der Waals surface area contributed by atoms with Crippen molar-refractivity contribution in [1.82, 2.24) is 14.7 Å². The summed E-state index contributed by atoms with van der Waals surface area (Å²) in [4.78, 5) is 15.5. The van der Waals surface area contributed by atoms with Crippen LogP contribution in [0.15, 0.2) is 45.8 Å². The zero-order valence-electron chi connectivity index (χ0n) is 17.3. The summed E-state index contributed by atoms with van der Waals surface area (Å²) in [5, 5.41) is 16.3. The van der Waals surface area contributed by atoms with Crippen LogP contribution in [0.25, 0.3) is 22.2 Å². The average Bonchev–Trinajstić information content (AvgIpc) is 3.23. The van der Waals surface area contributed by atoms with Crippen molar-refractivity contribution in [2.45, 2.75) is 19.9 Å². The summed E-state index contributed by atoms with van der Waals surface area (Å²) in [5.74, 6) is 1.27. The van der Waals surface area contributed by atoms with E-state index < -0.39 is 22.7 Å². The van der Waals surface area contributed by atoms with E-state index in [1.54, 1.807) is 22.8 Å². The van der Waals surface area contributed by atoms with Gasteiger partial charge in [-0.05, 0) is 32.0 Å². The van der Waals surface area contributed by atoms with Gasteiger partial charge in [0.25, 0.3) is 0 Å². The maximum absolute atomic E-state index is 12.7. The van der Waals surface area contributed by atoms with Crippen LogP contribution in [-0.4, -0.2) is 21.3 Å². The molecule has 1 atom stereocenters. The molecular formula is C20H19N4O7Re-. The molecule has 5 rings (SSSR count). The van der Waals surface area contributed by atoms with E-state index in [0.29, 0.717) is 28.2 Å². The van der Waals surface area contributed by atoms with Gasteiger partial charge in [0.2, 0.25) is 5.69 Å². The number of hydrogen-bond acceptors (Lipinski definition) is 8. The molecule has 32 heavy (non-hydrogen) atoms. The van der Waals surface area contributed by atoms with Crippen molar-refractivity contribution < 1.29 is 41.0 Å². The number of benzene rings is 1. The summed E-state index contributed by atoms with van der Waals surface area (Å²) in [6.45, 7) is 3.88. The molecule has 169 valence electrons. The van der Waals surface area contributed by atoms with Gasteiger partial charge in [-0.25, -0.2) is 4.79 Å². The van der Waals surface area contributed by atoms with E-state index in [4.69, 9.17) is 19.7 Å². The van der Waals surface area contributed by atoms with Gasteiger partial charge in [-0.1, -0.05) is 5.16 Å². The van der Waals surface area contributed by atoms with Crippen LogP contribution in [0.4, 0.5) is 0 Å². The molecule has 1 N–H and O–H groups in total. The van der Waals surface area contributed by atoms with E-state index in [9.17, 15) is 10.0 Å². The van der Waals surface area contributed by atoms with Crippen molar-refractivity contribution in [3.05, 3.63) is 76.8 Å². The van der Waals surface area contributed by atoms with Crippen LogP contribution in [0.2, 0.25) is 0 Å². The summed E-state index contributed by atoms with van der Waals surface area (Å²) in [7, 11) is 0. The number of H-pyrrole nitrogens is 1. The van der Waals surface area contributed by atoms with Crippen LogP contribution in [0, 0.1) is 26.5 Å². The van der Waals surface area contributed by atoms with Gasteiger partial charge >= 0.3 is 32.7 Å². The Kier molecular flexibility index (Phi) is 6.48. The molecule has 12 heteroatoms. The number of nitrogens with one attached hydrogen (secondary N) is 1. The summed E-state index contributed by atoms with van der Waals surface area (Å²) in [5.41, 5.74) is 3.88. The van der Waals surface area contributed by atoms with E-state index in [1.807, 2.05) is 26.0 Å². The number of aromatic nitrogens is 4. The minimum atomic E-state index is -4.21. The van der Waals surface area contributed by atoms with E-state index in [1.165, 1.54) is 6.20 Å². The molecule has 1 aliphatic rings. The number of aryl methyl sites for hydroxylation is 2. The molecule has 3 aromatic heterocycles. The molecule has 4 heterocycles. The molecule has 0 aliphatic carbocycles. The van der Waals surface area contributed by atoms with Crippen LogP contribution in [-0.2, 0) is 27.0 Å². The molecule has 0 saturated carbocycles. The minimum absolute atomic E-state index is 0. The fourth-order valence-corrected chi connectivity index (χ4v) is 3.85. The predicted octanol–water partition coefficient (Wildman–Crippen LogP) is 2.31. The average molecular weight is 614 g/mol. The van der Waals surface area contributed by atoms with Crippen LogP contribution in [0.3, 0.4) is 0 Å². The maximum atomic E-state index is 12.7. The third kappa shape index (κ3) is 3.90. The number of imidazole rings is 1. The fourth-order valence-electron chi connectivity index (χ4n) is 3.85. The first-order valence-corrected chi connectivity index (χ1v) is 12.4. The topological polar surface area (TPSA) is 151 Å². The monoisotopic (exact) mass is 614 g/mol. The Labute approximate surface area is 187 Å². The van der Waals surface area contributed by atoms with Crippen LogP contribution >= 0.6 is 0 Å². The molecule has 11 nitrogen and oxygen atoms in total. The molecule has 4 aromatic rings. The quantitative estimate of drug-likeness (QED) is 0.206. The summed E-state index contributed by atoms with van der Waals surface area (Å²) >= 11 is -4.21. The van der Waals surface area contributed by atoms with Gasteiger partial charge in [-0.15, -0.1) is 0 Å². The van der Waals surface area contributed by atoms with Gasteiger partial charge in [-0.2, -0.15) is 4.73 Å². The Morgan fingerprint density at radius 2 is 1.94 bits per heavy atom. The second kappa shape index (κ2) is 8.94. The number of nitrogens with zero attached hydrogens (tertiary/aromatic N) is 3. The third-order valence-electron chi connectivity index (χ3n) is 5.03. The summed E-state index contributed by atoms with van der Waals surface area (Å²) in [6.07, 6.45) is 1.42. The first-order valence-electron chi connectivity index (χ1n) is 9.04. The van der Waals surface area contributed by atoms with Crippen molar-refractivity contribution in [2.24, 2.45) is 0 Å². The van der Waals surface area contributed by atoms with Crippen molar-refractivity contribution in [3.8, 4) is 16.9 Å². The molecule has 0 fully saturated rings. The first-order chi connectivity index (χ1) is 14.8. The number of rotatable bonds is 2. The molecule has 0 saturated heterocycles. The second-order valence-electron chi connectivity index (χ2n) is 6.80. The van der Waals surface area contributed by atoms with E-state index in [0.717, 1.165) is 21.6 Å². The SMILES string of the molecule is Cc1noc(C)c1-c1ccc2[nH]c(=O)n3c2c1OCC3c1cccc[n+]1[O-].[CH3-].[O]=[Re](=[O])=[O]. The number of aromatic amines is 1. The first kappa shape index (κ1) is 23.2. The fraction of sp³-hybridized carbons (Fsp3) is 0.200. The normalized spacial score (nSPS) is 14.1. The molecule has 0 radical (unpaired) electrons. The Balaban J connectivity index is 0.000000536.